The summed E-state index contributed by atoms with van der Waals surface area (Å²) in [4.78, 5) is 29.3. The molecule has 1 N–H and O–H groups in total. The maximum Gasteiger partial charge on any atom is 0.307 e. The normalized spacial score (nSPS) is 16.0. The number of nitrogens with zero attached hydrogens (tertiary/aromatic N) is 2. The van der Waals surface area contributed by atoms with Crippen LogP contribution in [0.2, 0.25) is 0 Å². The molecule has 4 rings (SSSR count). The van der Waals surface area contributed by atoms with E-state index < -0.39 is 11.2 Å². The Balaban J connectivity index is 1.33. The first-order chi connectivity index (χ1) is 12.7. The largest absolute Gasteiger partial charge is 0.456 e. The summed E-state index contributed by atoms with van der Waals surface area (Å²) in [5.41, 5.74) is 1.62. The number of para-hydroxylation sites is 1. The maximum absolute atomic E-state index is 12.1. The zero-order valence-corrected chi connectivity index (χ0v) is 15.0. The Hall–Kier alpha value is -2.65. The molecule has 0 bridgehead atoms. The topological polar surface area (TPSA) is 94.3 Å². The standard InChI is InChI=1S/C17H13N3O4S2/c21-15(7-13-17(22)18-11-3-1-2-4-12(11)26-13)23-8-14-19-16(20-24-14)10-5-6-25-9-10/h1-6,9,13H,7-8H2,(H,18,22)/t13-/m0/s1. The van der Waals surface area contributed by atoms with Crippen molar-refractivity contribution in [2.24, 2.45) is 0 Å². The van der Waals surface area contributed by atoms with Crippen LogP contribution in [-0.2, 0) is 20.9 Å². The van der Waals surface area contributed by atoms with Gasteiger partial charge in [0.15, 0.2) is 6.61 Å². The number of ether oxygens (including phenoxy) is 1. The van der Waals surface area contributed by atoms with Gasteiger partial charge in [0.1, 0.15) is 0 Å². The molecule has 0 saturated carbocycles. The molecule has 26 heavy (non-hydrogen) atoms. The maximum atomic E-state index is 12.1. The van der Waals surface area contributed by atoms with Crippen molar-refractivity contribution < 1.29 is 18.8 Å². The Morgan fingerprint density at radius 3 is 3.04 bits per heavy atom. The summed E-state index contributed by atoms with van der Waals surface area (Å²) in [7, 11) is 0. The number of nitrogens with one attached hydrogen (secondary N) is 1. The van der Waals surface area contributed by atoms with E-state index in [9.17, 15) is 9.59 Å². The van der Waals surface area contributed by atoms with E-state index in [1.807, 2.05) is 41.1 Å². The average Bonchev–Trinajstić information content (AvgIpc) is 3.32. The fourth-order valence-electron chi connectivity index (χ4n) is 2.40. The lowest BCUT2D eigenvalue weighted by Crippen LogP contribution is -2.31. The molecule has 7 nitrogen and oxygen atoms in total. The first-order valence-corrected chi connectivity index (χ1v) is 9.58. The monoisotopic (exact) mass is 387 g/mol. The van der Waals surface area contributed by atoms with Gasteiger partial charge in [-0.15, -0.1) is 11.8 Å². The Morgan fingerprint density at radius 1 is 1.31 bits per heavy atom. The summed E-state index contributed by atoms with van der Waals surface area (Å²) >= 11 is 2.88. The van der Waals surface area contributed by atoms with Gasteiger partial charge in [0.25, 0.3) is 5.89 Å². The molecule has 0 spiro atoms. The van der Waals surface area contributed by atoms with Gasteiger partial charge in [-0.1, -0.05) is 17.3 Å². The molecule has 0 aliphatic carbocycles. The fraction of sp³-hybridized carbons (Fsp3) is 0.176. The van der Waals surface area contributed by atoms with Gasteiger partial charge in [0.05, 0.1) is 17.4 Å². The van der Waals surface area contributed by atoms with Gasteiger partial charge in [0, 0.05) is 15.8 Å². The highest BCUT2D eigenvalue weighted by atomic mass is 32.2. The minimum absolute atomic E-state index is 0.0314. The number of thioether (sulfide) groups is 1. The van der Waals surface area contributed by atoms with Gasteiger partial charge in [-0.05, 0) is 23.6 Å². The summed E-state index contributed by atoms with van der Waals surface area (Å²) in [5, 5.41) is 9.94. The molecule has 9 heteroatoms. The number of fused-ring (bicyclic) bond motifs is 1. The summed E-state index contributed by atoms with van der Waals surface area (Å²) in [5.74, 6) is -0.0303. The van der Waals surface area contributed by atoms with Crippen LogP contribution in [-0.4, -0.2) is 27.3 Å². The van der Waals surface area contributed by atoms with E-state index in [1.165, 1.54) is 23.1 Å². The lowest BCUT2D eigenvalue weighted by Gasteiger charge is -2.23. The molecule has 3 aromatic rings. The number of carbonyl (C=O) groups excluding carboxylic acids is 2. The van der Waals surface area contributed by atoms with Crippen molar-refractivity contribution in [1.82, 2.24) is 10.1 Å². The van der Waals surface area contributed by atoms with Crippen LogP contribution in [0.4, 0.5) is 5.69 Å². The minimum Gasteiger partial charge on any atom is -0.456 e. The van der Waals surface area contributed by atoms with Crippen molar-refractivity contribution in [3.05, 3.63) is 47.0 Å². The highest BCUT2D eigenvalue weighted by Gasteiger charge is 2.29. The number of amides is 1. The lowest BCUT2D eigenvalue weighted by molar-refractivity contribution is -0.146. The third-order valence-electron chi connectivity index (χ3n) is 3.66. The number of anilines is 1. The number of benzene rings is 1. The van der Waals surface area contributed by atoms with E-state index in [0.29, 0.717) is 5.82 Å². The summed E-state index contributed by atoms with van der Waals surface area (Å²) in [6.45, 7) is -0.119. The molecule has 1 aliphatic rings. The molecule has 0 unspecified atom stereocenters. The van der Waals surface area contributed by atoms with Gasteiger partial charge in [0.2, 0.25) is 11.7 Å². The highest BCUT2D eigenvalue weighted by Crippen LogP contribution is 2.36. The summed E-state index contributed by atoms with van der Waals surface area (Å²) in [6, 6.07) is 9.35. The Bertz CT molecular complexity index is 939. The van der Waals surface area contributed by atoms with Crippen LogP contribution in [0.15, 0.2) is 50.5 Å². The summed E-state index contributed by atoms with van der Waals surface area (Å²) in [6.07, 6.45) is -0.0314. The van der Waals surface area contributed by atoms with Gasteiger partial charge in [-0.25, -0.2) is 0 Å². The second-order valence-electron chi connectivity index (χ2n) is 5.48. The minimum atomic E-state index is -0.526. The third-order valence-corrected chi connectivity index (χ3v) is 5.62. The van der Waals surface area contributed by atoms with E-state index in [-0.39, 0.29) is 24.8 Å². The molecule has 1 amide bonds. The van der Waals surface area contributed by atoms with Crippen molar-refractivity contribution in [2.75, 3.05) is 5.32 Å². The van der Waals surface area contributed by atoms with Gasteiger partial charge in [-0.2, -0.15) is 16.3 Å². The van der Waals surface area contributed by atoms with Crippen LogP contribution in [0, 0.1) is 0 Å². The number of carbonyl (C=O) groups is 2. The van der Waals surface area contributed by atoms with Crippen molar-refractivity contribution in [3.8, 4) is 11.4 Å². The van der Waals surface area contributed by atoms with Gasteiger partial charge >= 0.3 is 5.97 Å². The predicted octanol–water partition coefficient (Wildman–Crippen LogP) is 3.34. The van der Waals surface area contributed by atoms with Gasteiger partial charge in [-0.3, -0.25) is 9.59 Å². The molecular formula is C17H13N3O4S2. The second kappa shape index (κ2) is 7.30. The molecule has 1 aromatic carbocycles. The number of thiophene rings is 1. The number of esters is 1. The smallest absolute Gasteiger partial charge is 0.307 e. The number of rotatable bonds is 5. The van der Waals surface area contributed by atoms with E-state index in [4.69, 9.17) is 9.26 Å². The van der Waals surface area contributed by atoms with Crippen LogP contribution < -0.4 is 5.32 Å². The highest BCUT2D eigenvalue weighted by molar-refractivity contribution is 8.01. The quantitative estimate of drug-likeness (QED) is 0.671. The van der Waals surface area contributed by atoms with Crippen LogP contribution in [0.3, 0.4) is 0 Å². The number of aromatic nitrogens is 2. The predicted molar refractivity (Wildman–Crippen MR) is 96.7 cm³/mol. The van der Waals surface area contributed by atoms with E-state index in [0.717, 1.165) is 16.1 Å². The van der Waals surface area contributed by atoms with Crippen molar-refractivity contribution in [1.29, 1.82) is 0 Å². The third kappa shape index (κ3) is 3.63. The Morgan fingerprint density at radius 2 is 2.19 bits per heavy atom. The van der Waals surface area contributed by atoms with E-state index in [2.05, 4.69) is 15.5 Å². The Labute approximate surface area is 156 Å². The van der Waals surface area contributed by atoms with Gasteiger partial charge < -0.3 is 14.6 Å². The first kappa shape index (κ1) is 16.8. The van der Waals surface area contributed by atoms with Crippen LogP contribution in [0.25, 0.3) is 11.4 Å². The molecular weight excluding hydrogens is 374 g/mol. The zero-order valence-electron chi connectivity index (χ0n) is 13.4. The summed E-state index contributed by atoms with van der Waals surface area (Å²) < 4.78 is 10.3. The number of hydrogen-bond donors (Lipinski definition) is 1. The number of hydrogen-bond acceptors (Lipinski definition) is 8. The molecule has 0 fully saturated rings. The Kier molecular flexibility index (Phi) is 4.72. The molecule has 0 radical (unpaired) electrons. The van der Waals surface area contributed by atoms with Crippen LogP contribution >= 0.6 is 23.1 Å². The lowest BCUT2D eigenvalue weighted by atomic mass is 10.2. The van der Waals surface area contributed by atoms with E-state index in [1.54, 1.807) is 0 Å². The van der Waals surface area contributed by atoms with Crippen molar-refractivity contribution in [2.45, 2.75) is 23.2 Å². The first-order valence-electron chi connectivity index (χ1n) is 7.76. The zero-order chi connectivity index (χ0) is 17.9. The second-order valence-corrected chi connectivity index (χ2v) is 7.51. The van der Waals surface area contributed by atoms with Crippen molar-refractivity contribution in [3.63, 3.8) is 0 Å². The van der Waals surface area contributed by atoms with Crippen LogP contribution in [0.5, 0.6) is 0 Å². The molecule has 132 valence electrons. The molecule has 2 aromatic heterocycles. The fourth-order valence-corrected chi connectivity index (χ4v) is 4.13. The van der Waals surface area contributed by atoms with Crippen LogP contribution in [0.1, 0.15) is 12.3 Å². The molecule has 1 aliphatic heterocycles. The molecule has 1 atom stereocenters. The molecule has 0 saturated heterocycles. The SMILES string of the molecule is O=C(C[C@@H]1Sc2ccccc2NC1=O)OCc1nc(-c2ccsc2)no1. The average molecular weight is 387 g/mol. The molecule has 3 heterocycles. The van der Waals surface area contributed by atoms with Crippen molar-refractivity contribution >= 4 is 40.7 Å². The van der Waals surface area contributed by atoms with E-state index >= 15 is 0 Å².